The summed E-state index contributed by atoms with van der Waals surface area (Å²) in [6.07, 6.45) is 1.52. The van der Waals surface area contributed by atoms with Crippen molar-refractivity contribution in [3.8, 4) is 0 Å². The molecule has 2 rings (SSSR count). The number of fused-ring (bicyclic) bond motifs is 1. The Morgan fingerprint density at radius 1 is 1.44 bits per heavy atom. The van der Waals surface area contributed by atoms with Gasteiger partial charge in [-0.3, -0.25) is 9.59 Å². The Morgan fingerprint density at radius 2 is 2.22 bits per heavy atom. The van der Waals surface area contributed by atoms with Gasteiger partial charge < -0.3 is 9.15 Å². The van der Waals surface area contributed by atoms with Crippen molar-refractivity contribution in [3.05, 3.63) is 45.8 Å². The molecule has 0 amide bonds. The molecule has 0 fully saturated rings. The third kappa shape index (κ3) is 2.02. The Balaban J connectivity index is 2.62. The van der Waals surface area contributed by atoms with Gasteiger partial charge in [0.15, 0.2) is 6.29 Å². The Bertz CT molecular complexity index is 669. The van der Waals surface area contributed by atoms with Crippen molar-refractivity contribution in [2.24, 2.45) is 0 Å². The van der Waals surface area contributed by atoms with Crippen LogP contribution in [-0.4, -0.2) is 18.9 Å². The average Bonchev–Trinajstić information content (AvgIpc) is 2.39. The van der Waals surface area contributed by atoms with E-state index in [4.69, 9.17) is 9.15 Å². The van der Waals surface area contributed by atoms with Crippen LogP contribution in [0.5, 0.6) is 0 Å². The van der Waals surface area contributed by atoms with E-state index in [0.717, 1.165) is 6.26 Å². The van der Waals surface area contributed by atoms with Crippen LogP contribution in [0, 0.1) is 0 Å². The van der Waals surface area contributed by atoms with Crippen molar-refractivity contribution >= 4 is 23.2 Å². The summed E-state index contributed by atoms with van der Waals surface area (Å²) in [5.74, 6) is -0.518. The summed E-state index contributed by atoms with van der Waals surface area (Å²) < 4.78 is 9.96. The van der Waals surface area contributed by atoms with E-state index in [1.54, 1.807) is 6.92 Å². The van der Waals surface area contributed by atoms with Gasteiger partial charge in [-0.1, -0.05) is 0 Å². The third-order valence-electron chi connectivity index (χ3n) is 2.44. The summed E-state index contributed by atoms with van der Waals surface area (Å²) in [5.41, 5.74) is 0.0271. The molecule has 0 N–H and O–H groups in total. The number of rotatable bonds is 3. The Hall–Kier alpha value is -2.43. The zero-order valence-corrected chi connectivity index (χ0v) is 9.64. The van der Waals surface area contributed by atoms with E-state index < -0.39 is 11.4 Å². The molecule has 0 atom stereocenters. The predicted octanol–water partition coefficient (Wildman–Crippen LogP) is 1.78. The number of aldehydes is 1. The number of carbonyl (C=O) groups excluding carboxylic acids is 2. The van der Waals surface area contributed by atoms with Crippen LogP contribution in [0.3, 0.4) is 0 Å². The number of hydrogen-bond donors (Lipinski definition) is 0. The first-order chi connectivity index (χ1) is 8.67. The summed E-state index contributed by atoms with van der Waals surface area (Å²) in [4.78, 5) is 34.0. The van der Waals surface area contributed by atoms with Crippen LogP contribution in [0.1, 0.15) is 27.6 Å². The van der Waals surface area contributed by atoms with Crippen LogP contribution < -0.4 is 5.43 Å². The molecular weight excluding hydrogens is 236 g/mol. The highest BCUT2D eigenvalue weighted by Crippen LogP contribution is 2.14. The van der Waals surface area contributed by atoms with Crippen molar-refractivity contribution in [1.82, 2.24) is 0 Å². The Kier molecular flexibility index (Phi) is 3.23. The Morgan fingerprint density at radius 3 is 2.89 bits per heavy atom. The molecule has 1 aromatic heterocycles. The predicted molar refractivity (Wildman–Crippen MR) is 63.8 cm³/mol. The van der Waals surface area contributed by atoms with Crippen LogP contribution >= 0.6 is 0 Å². The molecule has 0 spiro atoms. The molecule has 5 nitrogen and oxygen atoms in total. The molecule has 0 saturated carbocycles. The zero-order valence-electron chi connectivity index (χ0n) is 9.64. The molecule has 92 valence electrons. The molecule has 0 saturated heterocycles. The SMILES string of the molecule is CCOC(=O)c1ccc2occ(C=O)c(=O)c2c1. The van der Waals surface area contributed by atoms with Gasteiger partial charge in [-0.2, -0.15) is 0 Å². The van der Waals surface area contributed by atoms with E-state index in [1.807, 2.05) is 0 Å². The monoisotopic (exact) mass is 246 g/mol. The minimum atomic E-state index is -0.518. The van der Waals surface area contributed by atoms with Gasteiger partial charge in [0, 0.05) is 0 Å². The number of carbonyl (C=O) groups is 2. The van der Waals surface area contributed by atoms with Crippen molar-refractivity contribution in [2.75, 3.05) is 6.61 Å². The van der Waals surface area contributed by atoms with E-state index in [0.29, 0.717) is 11.9 Å². The summed E-state index contributed by atoms with van der Waals surface area (Å²) in [7, 11) is 0. The standard InChI is InChI=1S/C13H10O5/c1-2-17-13(16)8-3-4-11-10(5-8)12(15)9(6-14)7-18-11/h3-7H,2H2,1H3. The maximum Gasteiger partial charge on any atom is 0.338 e. The molecule has 0 bridgehead atoms. The van der Waals surface area contributed by atoms with E-state index in [1.165, 1.54) is 18.2 Å². The largest absolute Gasteiger partial charge is 0.463 e. The lowest BCUT2D eigenvalue weighted by Gasteiger charge is -2.03. The lowest BCUT2D eigenvalue weighted by molar-refractivity contribution is 0.0526. The van der Waals surface area contributed by atoms with Gasteiger partial charge in [-0.25, -0.2) is 4.79 Å². The van der Waals surface area contributed by atoms with Crippen LogP contribution in [0.25, 0.3) is 11.0 Å². The quantitative estimate of drug-likeness (QED) is 0.609. The van der Waals surface area contributed by atoms with E-state index in [-0.39, 0.29) is 23.1 Å². The Labute approximate surface area is 102 Å². The van der Waals surface area contributed by atoms with Crippen LogP contribution in [0.4, 0.5) is 0 Å². The first-order valence-corrected chi connectivity index (χ1v) is 5.35. The molecule has 1 heterocycles. The maximum absolute atomic E-state index is 11.8. The number of hydrogen-bond acceptors (Lipinski definition) is 5. The van der Waals surface area contributed by atoms with Gasteiger partial charge in [0.2, 0.25) is 5.43 Å². The van der Waals surface area contributed by atoms with Crippen LogP contribution in [-0.2, 0) is 4.74 Å². The summed E-state index contributed by atoms with van der Waals surface area (Å²) in [6, 6.07) is 4.37. The maximum atomic E-state index is 11.8. The lowest BCUT2D eigenvalue weighted by atomic mass is 10.1. The van der Waals surface area contributed by atoms with E-state index in [2.05, 4.69) is 0 Å². The van der Waals surface area contributed by atoms with E-state index in [9.17, 15) is 14.4 Å². The molecule has 0 aliphatic heterocycles. The van der Waals surface area contributed by atoms with Gasteiger partial charge in [-0.15, -0.1) is 0 Å². The molecule has 0 aliphatic rings. The van der Waals surface area contributed by atoms with E-state index >= 15 is 0 Å². The van der Waals surface area contributed by atoms with Gasteiger partial charge in [-0.05, 0) is 25.1 Å². The highest BCUT2D eigenvalue weighted by molar-refractivity contribution is 5.94. The molecule has 1 aromatic carbocycles. The summed E-state index contributed by atoms with van der Waals surface area (Å²) >= 11 is 0. The molecule has 0 aliphatic carbocycles. The second-order valence-corrected chi connectivity index (χ2v) is 3.57. The molecule has 18 heavy (non-hydrogen) atoms. The van der Waals surface area contributed by atoms with Crippen LogP contribution in [0.15, 0.2) is 33.7 Å². The highest BCUT2D eigenvalue weighted by Gasteiger charge is 2.11. The van der Waals surface area contributed by atoms with Gasteiger partial charge in [0.1, 0.15) is 11.8 Å². The fourth-order valence-corrected chi connectivity index (χ4v) is 1.57. The fourth-order valence-electron chi connectivity index (χ4n) is 1.57. The first kappa shape index (κ1) is 12.0. The average molecular weight is 246 g/mol. The van der Waals surface area contributed by atoms with Gasteiger partial charge >= 0.3 is 5.97 Å². The zero-order chi connectivity index (χ0) is 13.1. The minimum Gasteiger partial charge on any atom is -0.463 e. The first-order valence-electron chi connectivity index (χ1n) is 5.35. The van der Waals surface area contributed by atoms with Gasteiger partial charge in [0.05, 0.1) is 23.1 Å². The fraction of sp³-hybridized carbons (Fsp3) is 0.154. The highest BCUT2D eigenvalue weighted by atomic mass is 16.5. The van der Waals surface area contributed by atoms with Crippen LogP contribution in [0.2, 0.25) is 0 Å². The summed E-state index contributed by atoms with van der Waals surface area (Å²) in [6.45, 7) is 1.94. The van der Waals surface area contributed by atoms with Gasteiger partial charge in [0.25, 0.3) is 0 Å². The van der Waals surface area contributed by atoms with Crippen molar-refractivity contribution in [2.45, 2.75) is 6.92 Å². The second kappa shape index (κ2) is 4.83. The normalized spacial score (nSPS) is 10.3. The number of ether oxygens (including phenoxy) is 1. The molecular formula is C13H10O5. The topological polar surface area (TPSA) is 73.6 Å². The third-order valence-corrected chi connectivity index (χ3v) is 2.44. The van der Waals surface area contributed by atoms with Crippen molar-refractivity contribution in [3.63, 3.8) is 0 Å². The molecule has 0 radical (unpaired) electrons. The molecule has 0 unspecified atom stereocenters. The van der Waals surface area contributed by atoms with Crippen molar-refractivity contribution in [1.29, 1.82) is 0 Å². The summed E-state index contributed by atoms with van der Waals surface area (Å²) in [5, 5.41) is 0.185. The lowest BCUT2D eigenvalue weighted by Crippen LogP contribution is -2.10. The smallest absolute Gasteiger partial charge is 0.338 e. The number of benzene rings is 1. The molecule has 2 aromatic rings. The van der Waals surface area contributed by atoms with Crippen molar-refractivity contribution < 1.29 is 18.7 Å². The molecule has 5 heteroatoms. The second-order valence-electron chi connectivity index (χ2n) is 3.57. The number of esters is 1. The minimum absolute atomic E-state index is 0.0801.